The Balaban J connectivity index is 1.61. The van der Waals surface area contributed by atoms with Crippen LogP contribution < -0.4 is 0 Å². The zero-order chi connectivity index (χ0) is 18.8. The number of hydrogen-bond donors (Lipinski definition) is 0. The SMILES string of the molecule is COC(=O)c1ccc(-c2ccco2)n1CC(=O)N1CCc2ccccc2C1. The third-order valence-corrected chi connectivity index (χ3v) is 4.93. The van der Waals surface area contributed by atoms with Gasteiger partial charge in [-0.25, -0.2) is 4.79 Å². The normalized spacial score (nSPS) is 13.3. The van der Waals surface area contributed by atoms with Crippen molar-refractivity contribution in [2.75, 3.05) is 13.7 Å². The summed E-state index contributed by atoms with van der Waals surface area (Å²) < 4.78 is 12.0. The molecule has 0 fully saturated rings. The lowest BCUT2D eigenvalue weighted by Crippen LogP contribution is -2.38. The van der Waals surface area contributed by atoms with Gasteiger partial charge in [0.25, 0.3) is 0 Å². The summed E-state index contributed by atoms with van der Waals surface area (Å²) in [4.78, 5) is 27.0. The van der Waals surface area contributed by atoms with E-state index in [1.54, 1.807) is 35.1 Å². The second-order valence-electron chi connectivity index (χ2n) is 6.49. The highest BCUT2D eigenvalue weighted by Gasteiger charge is 2.24. The molecule has 3 aromatic rings. The fourth-order valence-electron chi connectivity index (χ4n) is 3.50. The van der Waals surface area contributed by atoms with Crippen LogP contribution >= 0.6 is 0 Å². The van der Waals surface area contributed by atoms with Crippen LogP contribution in [0.1, 0.15) is 21.6 Å². The van der Waals surface area contributed by atoms with Crippen molar-refractivity contribution in [2.24, 2.45) is 0 Å². The Bertz CT molecular complexity index is 972. The highest BCUT2D eigenvalue weighted by molar-refractivity contribution is 5.90. The summed E-state index contributed by atoms with van der Waals surface area (Å²) in [6.45, 7) is 1.30. The van der Waals surface area contributed by atoms with Gasteiger partial charge in [-0.2, -0.15) is 0 Å². The summed E-state index contributed by atoms with van der Waals surface area (Å²) in [5.74, 6) is 0.0743. The number of methoxy groups -OCH3 is 1. The van der Waals surface area contributed by atoms with Crippen LogP contribution in [-0.2, 0) is 29.0 Å². The standard InChI is InChI=1S/C21H20N2O4/c1-26-21(25)18-9-8-17(19-7-4-12-27-19)23(18)14-20(24)22-11-10-15-5-2-3-6-16(15)13-22/h2-9,12H,10-11,13-14H2,1H3. The number of benzene rings is 1. The van der Waals surface area contributed by atoms with Crippen molar-refractivity contribution < 1.29 is 18.7 Å². The van der Waals surface area contributed by atoms with Crippen LogP contribution in [0.3, 0.4) is 0 Å². The van der Waals surface area contributed by atoms with E-state index >= 15 is 0 Å². The topological polar surface area (TPSA) is 64.7 Å². The Hall–Kier alpha value is -3.28. The van der Waals surface area contributed by atoms with Gasteiger partial charge in [-0.15, -0.1) is 0 Å². The zero-order valence-corrected chi connectivity index (χ0v) is 15.1. The second kappa shape index (κ2) is 7.15. The minimum absolute atomic E-state index is 0.0429. The van der Waals surface area contributed by atoms with Crippen LogP contribution in [0.15, 0.2) is 59.2 Å². The minimum Gasteiger partial charge on any atom is -0.464 e. The fourth-order valence-corrected chi connectivity index (χ4v) is 3.50. The van der Waals surface area contributed by atoms with E-state index in [0.29, 0.717) is 30.2 Å². The molecule has 1 amide bonds. The lowest BCUT2D eigenvalue weighted by molar-refractivity contribution is -0.132. The second-order valence-corrected chi connectivity index (χ2v) is 6.49. The van der Waals surface area contributed by atoms with Crippen molar-refractivity contribution in [3.05, 3.63) is 71.6 Å². The molecular formula is C21H20N2O4. The molecule has 3 heterocycles. The molecule has 0 atom stereocenters. The van der Waals surface area contributed by atoms with Crippen molar-refractivity contribution in [3.63, 3.8) is 0 Å². The summed E-state index contributed by atoms with van der Waals surface area (Å²) in [6.07, 6.45) is 2.40. The number of aromatic nitrogens is 1. The van der Waals surface area contributed by atoms with Crippen LogP contribution in [0.2, 0.25) is 0 Å². The number of rotatable bonds is 4. The van der Waals surface area contributed by atoms with E-state index in [9.17, 15) is 9.59 Å². The summed E-state index contributed by atoms with van der Waals surface area (Å²) in [7, 11) is 1.33. The Labute approximate surface area is 157 Å². The molecule has 6 nitrogen and oxygen atoms in total. The molecule has 6 heteroatoms. The number of ether oxygens (including phenoxy) is 1. The molecule has 1 aliphatic rings. The van der Waals surface area contributed by atoms with Crippen LogP contribution in [0.5, 0.6) is 0 Å². The van der Waals surface area contributed by atoms with E-state index in [-0.39, 0.29) is 12.5 Å². The van der Waals surface area contributed by atoms with Crippen LogP contribution in [0.25, 0.3) is 11.5 Å². The van der Waals surface area contributed by atoms with Gasteiger partial charge in [0.2, 0.25) is 5.91 Å². The summed E-state index contributed by atoms with van der Waals surface area (Å²) in [5, 5.41) is 0. The highest BCUT2D eigenvalue weighted by atomic mass is 16.5. The molecule has 2 aromatic heterocycles. The minimum atomic E-state index is -0.482. The predicted molar refractivity (Wildman–Crippen MR) is 99.0 cm³/mol. The van der Waals surface area contributed by atoms with Gasteiger partial charge in [0.15, 0.2) is 0 Å². The van der Waals surface area contributed by atoms with E-state index in [4.69, 9.17) is 9.15 Å². The van der Waals surface area contributed by atoms with Gasteiger partial charge in [0, 0.05) is 13.1 Å². The molecule has 0 spiro atoms. The molecule has 0 aliphatic carbocycles. The fraction of sp³-hybridized carbons (Fsp3) is 0.238. The van der Waals surface area contributed by atoms with Crippen LogP contribution in [0, 0.1) is 0 Å². The van der Waals surface area contributed by atoms with Gasteiger partial charge >= 0.3 is 5.97 Å². The largest absolute Gasteiger partial charge is 0.464 e. The smallest absolute Gasteiger partial charge is 0.354 e. The van der Waals surface area contributed by atoms with Crippen molar-refractivity contribution in [1.82, 2.24) is 9.47 Å². The van der Waals surface area contributed by atoms with Crippen LogP contribution in [-0.4, -0.2) is 35.0 Å². The zero-order valence-electron chi connectivity index (χ0n) is 15.1. The maximum atomic E-state index is 13.0. The van der Waals surface area contributed by atoms with Gasteiger partial charge in [-0.3, -0.25) is 4.79 Å². The average Bonchev–Trinajstić information content (AvgIpc) is 3.36. The lowest BCUT2D eigenvalue weighted by atomic mass is 10.00. The molecule has 0 saturated heterocycles. The maximum absolute atomic E-state index is 13.0. The number of amides is 1. The lowest BCUT2D eigenvalue weighted by Gasteiger charge is -2.29. The van der Waals surface area contributed by atoms with Crippen LogP contribution in [0.4, 0.5) is 0 Å². The van der Waals surface area contributed by atoms with E-state index in [1.165, 1.54) is 18.2 Å². The first-order valence-electron chi connectivity index (χ1n) is 8.83. The molecule has 0 N–H and O–H groups in total. The van der Waals surface area contributed by atoms with Gasteiger partial charge in [-0.1, -0.05) is 24.3 Å². The van der Waals surface area contributed by atoms with Crippen molar-refractivity contribution in [3.8, 4) is 11.5 Å². The highest BCUT2D eigenvalue weighted by Crippen LogP contribution is 2.25. The summed E-state index contributed by atoms with van der Waals surface area (Å²) in [6, 6.07) is 15.2. The molecule has 0 saturated carbocycles. The van der Waals surface area contributed by atoms with Crippen molar-refractivity contribution in [1.29, 1.82) is 0 Å². The number of fused-ring (bicyclic) bond motifs is 1. The molecule has 138 valence electrons. The Morgan fingerprint density at radius 2 is 1.89 bits per heavy atom. The number of nitrogens with zero attached hydrogens (tertiary/aromatic N) is 2. The summed E-state index contributed by atoms with van der Waals surface area (Å²) in [5.41, 5.74) is 3.46. The van der Waals surface area contributed by atoms with Gasteiger partial charge in [-0.05, 0) is 41.8 Å². The first-order valence-corrected chi connectivity index (χ1v) is 8.83. The maximum Gasteiger partial charge on any atom is 0.354 e. The van der Waals surface area contributed by atoms with E-state index in [2.05, 4.69) is 12.1 Å². The molecular weight excluding hydrogens is 344 g/mol. The van der Waals surface area contributed by atoms with Crippen molar-refractivity contribution >= 4 is 11.9 Å². The molecule has 1 aliphatic heterocycles. The van der Waals surface area contributed by atoms with E-state index in [0.717, 1.165) is 6.42 Å². The molecule has 0 radical (unpaired) electrons. The molecule has 0 bridgehead atoms. The quantitative estimate of drug-likeness (QED) is 0.667. The van der Waals surface area contributed by atoms with Gasteiger partial charge < -0.3 is 18.6 Å². The Morgan fingerprint density at radius 3 is 2.63 bits per heavy atom. The van der Waals surface area contributed by atoms with Gasteiger partial charge in [0.1, 0.15) is 18.0 Å². The third-order valence-electron chi connectivity index (χ3n) is 4.93. The number of furan rings is 1. The molecule has 1 aromatic carbocycles. The number of carbonyl (C=O) groups excluding carboxylic acids is 2. The molecule has 27 heavy (non-hydrogen) atoms. The van der Waals surface area contributed by atoms with Crippen molar-refractivity contribution in [2.45, 2.75) is 19.5 Å². The predicted octanol–water partition coefficient (Wildman–Crippen LogP) is 3.12. The summed E-state index contributed by atoms with van der Waals surface area (Å²) >= 11 is 0. The number of hydrogen-bond acceptors (Lipinski definition) is 4. The third kappa shape index (κ3) is 3.26. The molecule has 4 rings (SSSR count). The first kappa shape index (κ1) is 17.1. The monoisotopic (exact) mass is 364 g/mol. The molecule has 0 unspecified atom stereocenters. The average molecular weight is 364 g/mol. The number of carbonyl (C=O) groups is 2. The van der Waals surface area contributed by atoms with Gasteiger partial charge in [0.05, 0.1) is 19.1 Å². The van der Waals surface area contributed by atoms with E-state index in [1.807, 2.05) is 17.0 Å². The Kier molecular flexibility index (Phi) is 4.54. The Morgan fingerprint density at radius 1 is 1.07 bits per heavy atom. The first-order chi connectivity index (χ1) is 13.2. The number of esters is 1. The van der Waals surface area contributed by atoms with E-state index < -0.39 is 5.97 Å².